The first kappa shape index (κ1) is 25.4. The normalized spacial score (nSPS) is 13.1. The van der Waals surface area contributed by atoms with Crippen LogP contribution in [-0.2, 0) is 19.8 Å². The van der Waals surface area contributed by atoms with E-state index in [4.69, 9.17) is 4.98 Å². The Balaban J connectivity index is 1.46. The van der Waals surface area contributed by atoms with Crippen molar-refractivity contribution in [3.63, 3.8) is 0 Å². The lowest BCUT2D eigenvalue weighted by Crippen LogP contribution is -2.22. The van der Waals surface area contributed by atoms with E-state index >= 15 is 0 Å². The summed E-state index contributed by atoms with van der Waals surface area (Å²) in [6, 6.07) is 15.2. The lowest BCUT2D eigenvalue weighted by Gasteiger charge is -2.19. The molecule has 1 N–H and O–H groups in total. The molecule has 5 rings (SSSR count). The number of nitrogens with one attached hydrogen (secondary N) is 1. The maximum atomic E-state index is 13.1. The second-order valence-corrected chi connectivity index (χ2v) is 9.68. The van der Waals surface area contributed by atoms with Crippen LogP contribution in [0.15, 0.2) is 54.7 Å². The van der Waals surface area contributed by atoms with Gasteiger partial charge in [-0.15, -0.1) is 0 Å². The Hall–Kier alpha value is -4.21. The van der Waals surface area contributed by atoms with Crippen LogP contribution in [0.4, 0.5) is 24.7 Å². The molecule has 0 unspecified atom stereocenters. The molecular formula is C28H27F3N6O. The van der Waals surface area contributed by atoms with Gasteiger partial charge in [-0.2, -0.15) is 13.2 Å². The van der Waals surface area contributed by atoms with Crippen LogP contribution >= 0.6 is 0 Å². The minimum absolute atomic E-state index is 0.154. The Bertz CT molecular complexity index is 1510. The molecule has 10 heteroatoms. The molecular weight excluding hydrogens is 493 g/mol. The van der Waals surface area contributed by atoms with Gasteiger partial charge in [0.05, 0.1) is 6.67 Å². The average Bonchev–Trinajstić information content (AvgIpc) is 3.47. The number of halogens is 3. The van der Waals surface area contributed by atoms with Crippen LogP contribution in [0.5, 0.6) is 0 Å². The Morgan fingerprint density at radius 2 is 1.76 bits per heavy atom. The molecule has 0 saturated heterocycles. The van der Waals surface area contributed by atoms with Crippen molar-refractivity contribution in [1.82, 2.24) is 19.5 Å². The zero-order chi connectivity index (χ0) is 27.2. The number of aromatic nitrogens is 4. The highest BCUT2D eigenvalue weighted by molar-refractivity contribution is 6.01. The molecule has 0 saturated carbocycles. The number of anilines is 2. The fraction of sp³-hybridized carbons (Fsp3) is 0.286. The highest BCUT2D eigenvalue weighted by Crippen LogP contribution is 2.37. The highest BCUT2D eigenvalue weighted by atomic mass is 19.4. The van der Waals surface area contributed by atoms with Gasteiger partial charge in [-0.25, -0.2) is 15.0 Å². The number of ketones is 1. The molecule has 2 aromatic heterocycles. The van der Waals surface area contributed by atoms with Crippen molar-refractivity contribution in [2.24, 2.45) is 7.05 Å². The zero-order valence-electron chi connectivity index (χ0n) is 21.5. The fourth-order valence-electron chi connectivity index (χ4n) is 4.65. The predicted molar refractivity (Wildman–Crippen MR) is 140 cm³/mol. The molecule has 7 nitrogen and oxygen atoms in total. The Morgan fingerprint density at radius 1 is 1.05 bits per heavy atom. The van der Waals surface area contributed by atoms with E-state index in [-0.39, 0.29) is 17.5 Å². The van der Waals surface area contributed by atoms with Crippen LogP contribution in [-0.4, -0.2) is 32.0 Å². The number of hydrogen-bond donors (Lipinski definition) is 1. The summed E-state index contributed by atoms with van der Waals surface area (Å²) in [5, 5.41) is 3.26. The van der Waals surface area contributed by atoms with E-state index in [1.54, 1.807) is 19.2 Å². The maximum Gasteiger partial charge on any atom is 0.434 e. The van der Waals surface area contributed by atoms with Crippen molar-refractivity contribution in [3.05, 3.63) is 77.2 Å². The predicted octanol–water partition coefficient (Wildman–Crippen LogP) is 6.28. The number of fused-ring (bicyclic) bond motifs is 1. The van der Waals surface area contributed by atoms with Crippen molar-refractivity contribution in [1.29, 1.82) is 0 Å². The maximum absolute atomic E-state index is 13.1. The summed E-state index contributed by atoms with van der Waals surface area (Å²) in [5.74, 6) is 1.48. The van der Waals surface area contributed by atoms with Crippen molar-refractivity contribution in [3.8, 4) is 22.8 Å². The molecule has 1 aliphatic heterocycles. The van der Waals surface area contributed by atoms with E-state index in [2.05, 4.69) is 29.1 Å². The van der Waals surface area contributed by atoms with Gasteiger partial charge >= 0.3 is 6.18 Å². The lowest BCUT2D eigenvalue weighted by atomic mass is 9.96. The summed E-state index contributed by atoms with van der Waals surface area (Å²) in [5.41, 5.74) is 3.52. The van der Waals surface area contributed by atoms with E-state index in [0.29, 0.717) is 41.8 Å². The number of aryl methyl sites for hydroxylation is 1. The first-order chi connectivity index (χ1) is 18.0. The number of imidazole rings is 1. The second-order valence-electron chi connectivity index (χ2n) is 9.68. The summed E-state index contributed by atoms with van der Waals surface area (Å²) in [6.07, 6.45) is -3.52. The van der Waals surface area contributed by atoms with Gasteiger partial charge < -0.3 is 14.8 Å². The molecule has 1 aliphatic rings. The molecule has 4 aromatic rings. The molecule has 0 bridgehead atoms. The number of carbonyl (C=O) groups is 1. The van der Waals surface area contributed by atoms with Crippen molar-refractivity contribution in [2.75, 3.05) is 16.9 Å². The average molecular weight is 521 g/mol. The Labute approximate surface area is 218 Å². The van der Waals surface area contributed by atoms with E-state index in [9.17, 15) is 18.0 Å². The number of hydrogen-bond acceptors (Lipinski definition) is 6. The molecule has 3 heterocycles. The first-order valence-corrected chi connectivity index (χ1v) is 12.2. The Morgan fingerprint density at radius 3 is 2.39 bits per heavy atom. The molecule has 0 atom stereocenters. The molecule has 0 aliphatic carbocycles. The third-order valence-electron chi connectivity index (χ3n) is 6.55. The van der Waals surface area contributed by atoms with Gasteiger partial charge in [-0.05, 0) is 17.0 Å². The molecule has 38 heavy (non-hydrogen) atoms. The van der Waals surface area contributed by atoms with Crippen LogP contribution in [0.1, 0.15) is 54.0 Å². The van der Waals surface area contributed by atoms with E-state index in [0.717, 1.165) is 22.9 Å². The van der Waals surface area contributed by atoms with Gasteiger partial charge in [0.15, 0.2) is 23.1 Å². The largest absolute Gasteiger partial charge is 0.434 e. The number of benzene rings is 2. The fourth-order valence-corrected chi connectivity index (χ4v) is 4.65. The van der Waals surface area contributed by atoms with E-state index < -0.39 is 11.9 Å². The smallest absolute Gasteiger partial charge is 0.363 e. The van der Waals surface area contributed by atoms with Crippen molar-refractivity contribution < 1.29 is 18.0 Å². The van der Waals surface area contributed by atoms with Gasteiger partial charge in [0.1, 0.15) is 17.2 Å². The monoisotopic (exact) mass is 520 g/mol. The van der Waals surface area contributed by atoms with Crippen LogP contribution in [0.2, 0.25) is 0 Å². The quantitative estimate of drug-likeness (QED) is 0.302. The van der Waals surface area contributed by atoms with Gasteiger partial charge in [0, 0.05) is 37.8 Å². The molecule has 0 radical (unpaired) electrons. The minimum Gasteiger partial charge on any atom is -0.363 e. The van der Waals surface area contributed by atoms with Crippen molar-refractivity contribution >= 4 is 17.3 Å². The van der Waals surface area contributed by atoms with Gasteiger partial charge in [0.2, 0.25) is 0 Å². The number of rotatable bonds is 6. The molecule has 2 aromatic carbocycles. The standard InChI is InChI=1S/C28H27F3N6O/c1-16(2)20-7-5-6-8-21(20)25-34-23(17(3)38)24-27(35-25)37(15-32-24)13-18-9-11-19(12-10-18)26-33-22(14-36(26)4)28(29,30)31/h5-12,14,16,32H,13,15H2,1-4H3. The van der Waals surface area contributed by atoms with Crippen LogP contribution in [0.25, 0.3) is 22.8 Å². The van der Waals surface area contributed by atoms with Crippen LogP contribution in [0.3, 0.4) is 0 Å². The molecule has 0 amide bonds. The number of carbonyl (C=O) groups excluding carboxylic acids is 1. The van der Waals surface area contributed by atoms with Crippen molar-refractivity contribution in [2.45, 2.75) is 39.4 Å². The number of nitrogens with zero attached hydrogens (tertiary/aromatic N) is 5. The van der Waals surface area contributed by atoms with Crippen LogP contribution in [0, 0.1) is 0 Å². The van der Waals surface area contributed by atoms with E-state index in [1.165, 1.54) is 11.5 Å². The number of alkyl halides is 3. The third kappa shape index (κ3) is 4.73. The summed E-state index contributed by atoms with van der Waals surface area (Å²) >= 11 is 0. The highest BCUT2D eigenvalue weighted by Gasteiger charge is 2.34. The second kappa shape index (κ2) is 9.59. The van der Waals surface area contributed by atoms with Gasteiger partial charge in [-0.3, -0.25) is 4.79 Å². The van der Waals surface area contributed by atoms with Gasteiger partial charge in [-0.1, -0.05) is 62.4 Å². The lowest BCUT2D eigenvalue weighted by molar-refractivity contribution is -0.140. The van der Waals surface area contributed by atoms with Gasteiger partial charge in [0.25, 0.3) is 0 Å². The Kier molecular flexibility index (Phi) is 6.42. The first-order valence-electron chi connectivity index (χ1n) is 12.2. The molecule has 0 spiro atoms. The number of Topliss-reactive ketones (excluding diaryl/α,β-unsaturated/α-hetero) is 1. The van der Waals surface area contributed by atoms with Crippen LogP contribution < -0.4 is 10.2 Å². The minimum atomic E-state index is -4.50. The summed E-state index contributed by atoms with van der Waals surface area (Å²) in [7, 11) is 1.54. The third-order valence-corrected chi connectivity index (χ3v) is 6.55. The molecule has 0 fully saturated rings. The topological polar surface area (TPSA) is 75.9 Å². The van der Waals surface area contributed by atoms with E-state index in [1.807, 2.05) is 41.3 Å². The summed E-state index contributed by atoms with van der Waals surface area (Å²) < 4.78 is 40.6. The SMILES string of the molecule is CC(=O)c1nc(-c2ccccc2C(C)C)nc2c1NCN2Cc1ccc(-c2nc(C(F)(F)F)cn2C)cc1. The zero-order valence-corrected chi connectivity index (χ0v) is 21.5. The summed E-state index contributed by atoms with van der Waals surface area (Å²) in [4.78, 5) is 27.8. The summed E-state index contributed by atoms with van der Waals surface area (Å²) in [6.45, 7) is 6.62. The molecule has 196 valence electrons.